The van der Waals surface area contributed by atoms with Gasteiger partial charge in [0, 0.05) is 5.56 Å². The van der Waals surface area contributed by atoms with Crippen molar-refractivity contribution in [3.63, 3.8) is 0 Å². The Morgan fingerprint density at radius 1 is 0.591 bits per heavy atom. The van der Waals surface area contributed by atoms with Crippen molar-refractivity contribution < 1.29 is 19.7 Å². The monoisotopic (exact) mass is 400 g/mol. The highest BCUT2D eigenvalue weighted by Gasteiger charge is 2.33. The lowest BCUT2D eigenvalue weighted by atomic mass is 10.1. The van der Waals surface area contributed by atoms with Gasteiger partial charge in [0.2, 0.25) is 0 Å². The fraction of sp³-hybridized carbons (Fsp3) is 0.0769. The summed E-state index contributed by atoms with van der Waals surface area (Å²) in [6.45, 7) is 1.51. The average Bonchev–Trinajstić information content (AvgIpc) is 2.52. The highest BCUT2D eigenvalue weighted by molar-refractivity contribution is 6.53. The number of phenols is 2. The fourth-order valence-electron chi connectivity index (χ4n) is 1.96. The Bertz CT molecular complexity index is 699. The van der Waals surface area contributed by atoms with Crippen LogP contribution in [-0.2, 0) is 0 Å². The van der Waals surface area contributed by atoms with Crippen molar-refractivity contribution in [3.05, 3.63) is 30.7 Å². The molecule has 4 nitrogen and oxygen atoms in total. The molecule has 0 bridgehead atoms. The zero-order valence-corrected chi connectivity index (χ0v) is 14.4. The molecule has 2 aromatic rings. The van der Waals surface area contributed by atoms with Crippen LogP contribution in [-0.4, -0.2) is 10.2 Å². The first kappa shape index (κ1) is 16.0. The molecule has 0 amide bonds. The van der Waals surface area contributed by atoms with Crippen molar-refractivity contribution in [3.8, 4) is 34.5 Å². The SMILES string of the molecule is Cc1c(O)c(O)c(Cl)c2c1Oc1c(Cl)c(Cl)c(Cl)c(Cl)c1O2. The summed E-state index contributed by atoms with van der Waals surface area (Å²) < 4.78 is 11.2. The van der Waals surface area contributed by atoms with Gasteiger partial charge in [-0.25, -0.2) is 0 Å². The molecule has 0 aliphatic carbocycles. The second-order valence-electron chi connectivity index (χ2n) is 4.41. The van der Waals surface area contributed by atoms with Crippen LogP contribution in [0.2, 0.25) is 25.1 Å². The zero-order valence-electron chi connectivity index (χ0n) is 10.6. The number of benzene rings is 2. The summed E-state index contributed by atoms with van der Waals surface area (Å²) in [5.41, 5.74) is 0.209. The van der Waals surface area contributed by atoms with E-state index in [1.165, 1.54) is 6.92 Å². The number of ether oxygens (including phenoxy) is 2. The van der Waals surface area contributed by atoms with Gasteiger partial charge >= 0.3 is 0 Å². The molecule has 22 heavy (non-hydrogen) atoms. The van der Waals surface area contributed by atoms with Gasteiger partial charge in [-0.15, -0.1) is 0 Å². The van der Waals surface area contributed by atoms with E-state index >= 15 is 0 Å². The van der Waals surface area contributed by atoms with Gasteiger partial charge in [0.25, 0.3) is 0 Å². The molecule has 0 saturated carbocycles. The van der Waals surface area contributed by atoms with E-state index in [4.69, 9.17) is 67.5 Å². The number of hydrogen-bond acceptors (Lipinski definition) is 4. The van der Waals surface area contributed by atoms with Gasteiger partial charge < -0.3 is 19.7 Å². The molecule has 3 rings (SSSR count). The third-order valence-corrected chi connectivity index (χ3v) is 5.24. The Morgan fingerprint density at radius 3 is 1.50 bits per heavy atom. The third-order valence-electron chi connectivity index (χ3n) is 3.12. The van der Waals surface area contributed by atoms with Crippen molar-refractivity contribution in [1.29, 1.82) is 0 Å². The third kappa shape index (κ3) is 2.06. The summed E-state index contributed by atoms with van der Waals surface area (Å²) in [4.78, 5) is 0. The van der Waals surface area contributed by atoms with Crippen molar-refractivity contribution in [2.75, 3.05) is 0 Å². The molecule has 0 radical (unpaired) electrons. The summed E-state index contributed by atoms with van der Waals surface area (Å²) in [7, 11) is 0. The van der Waals surface area contributed by atoms with Crippen LogP contribution in [0.5, 0.6) is 34.5 Å². The van der Waals surface area contributed by atoms with Crippen molar-refractivity contribution in [1.82, 2.24) is 0 Å². The van der Waals surface area contributed by atoms with E-state index < -0.39 is 11.5 Å². The molecule has 1 aliphatic heterocycles. The lowest BCUT2D eigenvalue weighted by Gasteiger charge is -2.26. The van der Waals surface area contributed by atoms with Crippen LogP contribution in [0.25, 0.3) is 0 Å². The summed E-state index contributed by atoms with van der Waals surface area (Å²) >= 11 is 30.1. The van der Waals surface area contributed by atoms with Gasteiger partial charge in [-0.2, -0.15) is 0 Å². The molecule has 1 aliphatic rings. The Kier molecular flexibility index (Phi) is 3.86. The van der Waals surface area contributed by atoms with Crippen molar-refractivity contribution >= 4 is 58.0 Å². The van der Waals surface area contributed by atoms with E-state index in [0.717, 1.165) is 0 Å². The Labute approximate surface area is 149 Å². The largest absolute Gasteiger partial charge is 0.504 e. The second-order valence-corrected chi connectivity index (χ2v) is 6.30. The second kappa shape index (κ2) is 5.32. The minimum atomic E-state index is -0.535. The summed E-state index contributed by atoms with van der Waals surface area (Å²) in [6, 6.07) is 0. The van der Waals surface area contributed by atoms with Crippen LogP contribution in [0.3, 0.4) is 0 Å². The van der Waals surface area contributed by atoms with E-state index in [9.17, 15) is 10.2 Å². The topological polar surface area (TPSA) is 58.9 Å². The van der Waals surface area contributed by atoms with Crippen LogP contribution in [0, 0.1) is 6.92 Å². The zero-order chi connectivity index (χ0) is 16.3. The minimum absolute atomic E-state index is 0.000182. The molecule has 2 aromatic carbocycles. The van der Waals surface area contributed by atoms with Crippen LogP contribution in [0.4, 0.5) is 0 Å². The number of hydrogen-bond donors (Lipinski definition) is 2. The molecule has 9 heteroatoms. The van der Waals surface area contributed by atoms with Crippen LogP contribution < -0.4 is 9.47 Å². The molecule has 0 aromatic heterocycles. The summed E-state index contributed by atoms with van der Waals surface area (Å²) in [5.74, 6) is -0.842. The van der Waals surface area contributed by atoms with Gasteiger partial charge in [0.1, 0.15) is 15.1 Å². The molecule has 1 heterocycles. The van der Waals surface area contributed by atoms with Gasteiger partial charge in [0.05, 0.1) is 10.0 Å². The molecule has 0 unspecified atom stereocenters. The predicted octanol–water partition coefficient (Wildman–Crippen LogP) is 6.57. The molecule has 0 fully saturated rings. The Balaban J connectivity index is 2.32. The van der Waals surface area contributed by atoms with Crippen LogP contribution in [0.15, 0.2) is 0 Å². The maximum atomic E-state index is 9.84. The first-order valence-corrected chi connectivity index (χ1v) is 7.60. The van der Waals surface area contributed by atoms with Crippen molar-refractivity contribution in [2.24, 2.45) is 0 Å². The standard InChI is InChI=1S/C13H5Cl5O4/c1-2-8(19)9(20)7(18)13-10(2)21-11-5(16)3(14)4(15)6(17)12(11)22-13/h19-20H,1H3. The number of fused-ring (bicyclic) bond motifs is 2. The maximum Gasteiger partial charge on any atom is 0.193 e. The highest BCUT2D eigenvalue weighted by Crippen LogP contribution is 2.61. The normalized spacial score (nSPS) is 12.3. The fourth-order valence-corrected chi connectivity index (χ4v) is 3.07. The highest BCUT2D eigenvalue weighted by atomic mass is 35.5. The maximum absolute atomic E-state index is 9.84. The first-order chi connectivity index (χ1) is 10.3. The average molecular weight is 402 g/mol. The molecular weight excluding hydrogens is 397 g/mol. The lowest BCUT2D eigenvalue weighted by Crippen LogP contribution is -2.03. The first-order valence-electron chi connectivity index (χ1n) is 5.71. The number of phenolic OH excluding ortho intramolecular Hbond substituents is 2. The molecule has 0 saturated heterocycles. The van der Waals surface area contributed by atoms with E-state index in [1.807, 2.05) is 0 Å². The molecule has 0 atom stereocenters. The van der Waals surface area contributed by atoms with Crippen LogP contribution in [0.1, 0.15) is 5.56 Å². The quantitative estimate of drug-likeness (QED) is 0.254. The van der Waals surface area contributed by atoms with Gasteiger partial charge in [-0.05, 0) is 6.92 Å². The summed E-state index contributed by atoms with van der Waals surface area (Å²) in [5, 5.41) is 19.4. The number of halogens is 5. The lowest BCUT2D eigenvalue weighted by molar-refractivity contribution is 0.343. The minimum Gasteiger partial charge on any atom is -0.504 e. The van der Waals surface area contributed by atoms with E-state index in [2.05, 4.69) is 0 Å². The molecule has 116 valence electrons. The summed E-state index contributed by atoms with van der Waals surface area (Å²) in [6.07, 6.45) is 0. The molecule has 0 spiro atoms. The smallest absolute Gasteiger partial charge is 0.193 e. The number of rotatable bonds is 0. The van der Waals surface area contributed by atoms with Gasteiger partial charge in [-0.3, -0.25) is 0 Å². The van der Waals surface area contributed by atoms with E-state index in [0.29, 0.717) is 0 Å². The Hall–Kier alpha value is -0.910. The predicted molar refractivity (Wildman–Crippen MR) is 86.1 cm³/mol. The van der Waals surface area contributed by atoms with E-state index in [1.54, 1.807) is 0 Å². The van der Waals surface area contributed by atoms with Gasteiger partial charge in [0.15, 0.2) is 34.5 Å². The van der Waals surface area contributed by atoms with Crippen LogP contribution >= 0.6 is 58.0 Å². The van der Waals surface area contributed by atoms with E-state index in [-0.39, 0.29) is 53.7 Å². The number of aromatic hydroxyl groups is 2. The Morgan fingerprint density at radius 2 is 1.00 bits per heavy atom. The van der Waals surface area contributed by atoms with Gasteiger partial charge in [-0.1, -0.05) is 58.0 Å². The molecular formula is C13H5Cl5O4. The molecule has 2 N–H and O–H groups in total. The van der Waals surface area contributed by atoms with Crippen molar-refractivity contribution in [2.45, 2.75) is 6.92 Å².